The molecular formula is C23H18Cl2N4O2. The van der Waals surface area contributed by atoms with Crippen molar-refractivity contribution in [1.82, 2.24) is 9.55 Å². The van der Waals surface area contributed by atoms with Crippen molar-refractivity contribution in [2.24, 2.45) is 0 Å². The van der Waals surface area contributed by atoms with Gasteiger partial charge in [0.25, 0.3) is 5.56 Å². The standard InChI is InChI=1S/C23H18Cl2N4O2/c1-14-26-21-11-10-18(28-23(31)27-17-8-6-16(24)7-9-17)12-19(21)22(30)29(14)13-15-4-2-3-5-20(15)25/h2-12H,13H2,1H3,(H2,27,28,31). The molecule has 0 unspecified atom stereocenters. The molecule has 6 nitrogen and oxygen atoms in total. The fourth-order valence-electron chi connectivity index (χ4n) is 3.22. The van der Waals surface area contributed by atoms with Crippen molar-refractivity contribution in [3.8, 4) is 0 Å². The maximum Gasteiger partial charge on any atom is 0.323 e. The van der Waals surface area contributed by atoms with Gasteiger partial charge in [0.15, 0.2) is 0 Å². The number of fused-ring (bicyclic) bond motifs is 1. The van der Waals surface area contributed by atoms with E-state index in [1.807, 2.05) is 18.2 Å². The largest absolute Gasteiger partial charge is 0.323 e. The molecule has 0 aliphatic heterocycles. The number of anilines is 2. The number of nitrogens with zero attached hydrogens (tertiary/aromatic N) is 2. The lowest BCUT2D eigenvalue weighted by Gasteiger charge is -2.13. The lowest BCUT2D eigenvalue weighted by Crippen LogP contribution is -2.25. The molecular weight excluding hydrogens is 435 g/mol. The van der Waals surface area contributed by atoms with Gasteiger partial charge >= 0.3 is 6.03 Å². The SMILES string of the molecule is Cc1nc2ccc(NC(=O)Nc3ccc(Cl)cc3)cc2c(=O)n1Cc1ccccc1Cl. The molecule has 8 heteroatoms. The number of hydrogen-bond donors (Lipinski definition) is 2. The molecule has 0 aliphatic rings. The van der Waals surface area contributed by atoms with Crippen LogP contribution in [0.4, 0.5) is 16.2 Å². The molecule has 4 aromatic rings. The van der Waals surface area contributed by atoms with Gasteiger partial charge in [-0.25, -0.2) is 9.78 Å². The average Bonchev–Trinajstić information content (AvgIpc) is 2.74. The molecule has 2 N–H and O–H groups in total. The molecule has 0 atom stereocenters. The predicted molar refractivity (Wildman–Crippen MR) is 125 cm³/mol. The summed E-state index contributed by atoms with van der Waals surface area (Å²) < 4.78 is 1.57. The van der Waals surface area contributed by atoms with E-state index in [0.717, 1.165) is 5.56 Å². The average molecular weight is 453 g/mol. The molecule has 2 amide bonds. The summed E-state index contributed by atoms with van der Waals surface area (Å²) in [6, 6.07) is 18.7. The zero-order valence-corrected chi connectivity index (χ0v) is 18.0. The molecule has 3 aromatic carbocycles. The van der Waals surface area contributed by atoms with Crippen LogP contribution in [-0.2, 0) is 6.54 Å². The van der Waals surface area contributed by atoms with Crippen LogP contribution in [0.2, 0.25) is 10.0 Å². The van der Waals surface area contributed by atoms with Gasteiger partial charge in [-0.15, -0.1) is 0 Å². The van der Waals surface area contributed by atoms with Crippen molar-refractivity contribution in [3.05, 3.63) is 98.5 Å². The van der Waals surface area contributed by atoms with Crippen LogP contribution >= 0.6 is 23.2 Å². The van der Waals surface area contributed by atoms with E-state index in [-0.39, 0.29) is 5.56 Å². The summed E-state index contributed by atoms with van der Waals surface area (Å²) in [5.74, 6) is 0.582. The first-order valence-corrected chi connectivity index (χ1v) is 10.2. The number of halogens is 2. The fourth-order valence-corrected chi connectivity index (χ4v) is 3.54. The second-order valence-corrected chi connectivity index (χ2v) is 7.80. The first kappa shape index (κ1) is 20.9. The Labute approximate surface area is 188 Å². The van der Waals surface area contributed by atoms with E-state index in [4.69, 9.17) is 23.2 Å². The highest BCUT2D eigenvalue weighted by atomic mass is 35.5. The smallest absolute Gasteiger partial charge is 0.308 e. The predicted octanol–water partition coefficient (Wildman–Crippen LogP) is 5.70. The number of carbonyl (C=O) groups is 1. The summed E-state index contributed by atoms with van der Waals surface area (Å²) in [7, 11) is 0. The topological polar surface area (TPSA) is 76.0 Å². The fraction of sp³-hybridized carbons (Fsp3) is 0.0870. The second-order valence-electron chi connectivity index (χ2n) is 6.96. The van der Waals surface area contributed by atoms with Crippen molar-refractivity contribution < 1.29 is 4.79 Å². The van der Waals surface area contributed by atoms with Crippen molar-refractivity contribution in [3.63, 3.8) is 0 Å². The number of urea groups is 1. The molecule has 156 valence electrons. The summed E-state index contributed by atoms with van der Waals surface area (Å²) in [4.78, 5) is 30.0. The third kappa shape index (κ3) is 4.71. The molecule has 0 saturated carbocycles. The quantitative estimate of drug-likeness (QED) is 0.416. The Morgan fingerprint density at radius 1 is 0.968 bits per heavy atom. The van der Waals surface area contributed by atoms with E-state index >= 15 is 0 Å². The molecule has 1 aromatic heterocycles. The van der Waals surface area contributed by atoms with Gasteiger partial charge in [-0.1, -0.05) is 41.4 Å². The number of nitrogens with one attached hydrogen (secondary N) is 2. The molecule has 0 aliphatic carbocycles. The summed E-state index contributed by atoms with van der Waals surface area (Å²) in [6.07, 6.45) is 0. The third-order valence-electron chi connectivity index (χ3n) is 4.79. The Bertz CT molecular complexity index is 1330. The van der Waals surface area contributed by atoms with Crippen molar-refractivity contribution in [2.45, 2.75) is 13.5 Å². The zero-order valence-electron chi connectivity index (χ0n) is 16.5. The van der Waals surface area contributed by atoms with E-state index in [2.05, 4.69) is 15.6 Å². The summed E-state index contributed by atoms with van der Waals surface area (Å²) in [6.45, 7) is 2.09. The highest BCUT2D eigenvalue weighted by molar-refractivity contribution is 6.31. The normalized spacial score (nSPS) is 10.8. The number of carbonyl (C=O) groups excluding carboxylic acids is 1. The van der Waals surface area contributed by atoms with Crippen molar-refractivity contribution in [1.29, 1.82) is 0 Å². The molecule has 31 heavy (non-hydrogen) atoms. The van der Waals surface area contributed by atoms with Crippen LogP contribution in [0, 0.1) is 6.92 Å². The van der Waals surface area contributed by atoms with Gasteiger partial charge in [-0.05, 0) is 61.0 Å². The lowest BCUT2D eigenvalue weighted by molar-refractivity contribution is 0.262. The van der Waals surface area contributed by atoms with Crippen LogP contribution in [0.1, 0.15) is 11.4 Å². The molecule has 4 rings (SSSR count). The van der Waals surface area contributed by atoms with Crippen molar-refractivity contribution in [2.75, 3.05) is 10.6 Å². The highest BCUT2D eigenvalue weighted by Gasteiger charge is 2.12. The number of hydrogen-bond acceptors (Lipinski definition) is 3. The molecule has 0 saturated heterocycles. The third-order valence-corrected chi connectivity index (χ3v) is 5.41. The van der Waals surface area contributed by atoms with Crippen molar-refractivity contribution >= 4 is 51.5 Å². The van der Waals surface area contributed by atoms with E-state index < -0.39 is 6.03 Å². The Morgan fingerprint density at radius 2 is 1.65 bits per heavy atom. The van der Waals surface area contributed by atoms with Gasteiger partial charge in [0.2, 0.25) is 0 Å². The minimum absolute atomic E-state index is 0.204. The van der Waals surface area contributed by atoms with Crippen LogP contribution in [0.3, 0.4) is 0 Å². The van der Waals surface area contributed by atoms with Crippen LogP contribution in [0.5, 0.6) is 0 Å². The Hall–Kier alpha value is -3.35. The molecule has 1 heterocycles. The van der Waals surface area contributed by atoms with E-state index in [0.29, 0.717) is 44.7 Å². The summed E-state index contributed by atoms with van der Waals surface area (Å²) >= 11 is 12.1. The first-order valence-electron chi connectivity index (χ1n) is 9.49. The maximum absolute atomic E-state index is 13.2. The molecule has 0 radical (unpaired) electrons. The number of rotatable bonds is 4. The minimum atomic E-state index is -0.432. The monoisotopic (exact) mass is 452 g/mol. The molecule has 0 spiro atoms. The van der Waals surface area contributed by atoms with Crippen LogP contribution < -0.4 is 16.2 Å². The van der Waals surface area contributed by atoms with E-state index in [9.17, 15) is 9.59 Å². The van der Waals surface area contributed by atoms with Gasteiger partial charge in [0, 0.05) is 21.4 Å². The number of amides is 2. The maximum atomic E-state index is 13.2. The lowest BCUT2D eigenvalue weighted by atomic mass is 10.2. The number of benzene rings is 3. The summed E-state index contributed by atoms with van der Waals surface area (Å²) in [5, 5.41) is 7.03. The Kier molecular flexibility index (Phi) is 5.93. The Balaban J connectivity index is 1.62. The van der Waals surface area contributed by atoms with Gasteiger partial charge in [0.05, 0.1) is 17.4 Å². The molecule has 0 fully saturated rings. The summed E-state index contributed by atoms with van der Waals surface area (Å²) in [5.41, 5.74) is 2.26. The van der Waals surface area contributed by atoms with Crippen LogP contribution in [0.25, 0.3) is 10.9 Å². The minimum Gasteiger partial charge on any atom is -0.308 e. The number of aryl methyl sites for hydroxylation is 1. The number of aromatic nitrogens is 2. The van der Waals surface area contributed by atoms with Gasteiger partial charge < -0.3 is 10.6 Å². The van der Waals surface area contributed by atoms with Gasteiger partial charge in [0.1, 0.15) is 5.82 Å². The van der Waals surface area contributed by atoms with Gasteiger partial charge in [-0.2, -0.15) is 0 Å². The zero-order chi connectivity index (χ0) is 22.0. The van der Waals surface area contributed by atoms with E-state index in [1.165, 1.54) is 0 Å². The first-order chi connectivity index (χ1) is 14.9. The molecule has 0 bridgehead atoms. The second kappa shape index (κ2) is 8.79. The van der Waals surface area contributed by atoms with Crippen LogP contribution in [-0.4, -0.2) is 15.6 Å². The Morgan fingerprint density at radius 3 is 2.39 bits per heavy atom. The highest BCUT2D eigenvalue weighted by Crippen LogP contribution is 2.19. The van der Waals surface area contributed by atoms with Gasteiger partial charge in [-0.3, -0.25) is 9.36 Å². The van der Waals surface area contributed by atoms with Crippen LogP contribution in [0.15, 0.2) is 71.5 Å². The van der Waals surface area contributed by atoms with E-state index in [1.54, 1.807) is 60.0 Å².